The lowest BCUT2D eigenvalue weighted by atomic mass is 10.0. The first-order chi connectivity index (χ1) is 7.81. The van der Waals surface area contributed by atoms with E-state index < -0.39 is 23.1 Å². The van der Waals surface area contributed by atoms with E-state index in [0.29, 0.717) is 6.07 Å². The lowest BCUT2D eigenvalue weighted by Crippen LogP contribution is -2.11. The van der Waals surface area contributed by atoms with Crippen LogP contribution in [0.3, 0.4) is 0 Å². The van der Waals surface area contributed by atoms with Gasteiger partial charge in [-0.1, -0.05) is 0 Å². The predicted molar refractivity (Wildman–Crippen MR) is 52.7 cm³/mol. The van der Waals surface area contributed by atoms with Gasteiger partial charge in [0.1, 0.15) is 17.4 Å². The van der Waals surface area contributed by atoms with Crippen LogP contribution in [0.25, 0.3) is 0 Å². The number of hydrogen-bond acceptors (Lipinski definition) is 3. The van der Waals surface area contributed by atoms with Crippen molar-refractivity contribution in [1.29, 1.82) is 5.26 Å². The summed E-state index contributed by atoms with van der Waals surface area (Å²) in [5.74, 6) is -0.786. The van der Waals surface area contributed by atoms with E-state index in [1.165, 1.54) is 6.07 Å². The molecule has 0 N–H and O–H groups in total. The number of nitriles is 1. The van der Waals surface area contributed by atoms with Crippen LogP contribution in [0, 0.1) is 11.3 Å². The third-order valence-electron chi connectivity index (χ3n) is 2.15. The number of ketones is 1. The number of rotatable bonds is 2. The number of halogens is 3. The number of carbonyl (C=O) groups excluding carboxylic acids is 1. The molecule has 90 valence electrons. The average Bonchev–Trinajstić information content (AvgIpc) is 2.25. The van der Waals surface area contributed by atoms with Crippen molar-refractivity contribution in [2.45, 2.75) is 13.1 Å². The Bertz CT molecular complexity index is 501. The maximum absolute atomic E-state index is 12.7. The van der Waals surface area contributed by atoms with Gasteiger partial charge in [0.15, 0.2) is 5.78 Å². The zero-order valence-electron chi connectivity index (χ0n) is 9.05. The normalized spacial score (nSPS) is 10.8. The molecule has 0 spiro atoms. The molecule has 0 aliphatic carbocycles. The third-order valence-corrected chi connectivity index (χ3v) is 2.15. The summed E-state index contributed by atoms with van der Waals surface area (Å²) >= 11 is 0. The highest BCUT2D eigenvalue weighted by atomic mass is 19.4. The highest BCUT2D eigenvalue weighted by Crippen LogP contribution is 2.36. The van der Waals surface area contributed by atoms with E-state index in [4.69, 9.17) is 5.26 Å². The van der Waals surface area contributed by atoms with Gasteiger partial charge < -0.3 is 4.74 Å². The summed E-state index contributed by atoms with van der Waals surface area (Å²) in [4.78, 5) is 11.1. The number of alkyl halides is 3. The van der Waals surface area contributed by atoms with E-state index in [9.17, 15) is 18.0 Å². The van der Waals surface area contributed by atoms with Crippen molar-refractivity contribution in [3.05, 3.63) is 28.8 Å². The van der Waals surface area contributed by atoms with Crippen LogP contribution in [-0.2, 0) is 6.18 Å². The van der Waals surface area contributed by atoms with Crippen LogP contribution >= 0.6 is 0 Å². The maximum atomic E-state index is 12.7. The molecule has 3 nitrogen and oxygen atoms in total. The number of Topliss-reactive ketones (excluding diaryl/α,β-unsaturated/α-hetero) is 1. The van der Waals surface area contributed by atoms with Gasteiger partial charge in [0.25, 0.3) is 0 Å². The second-order valence-electron chi connectivity index (χ2n) is 3.27. The molecule has 0 aliphatic heterocycles. The van der Waals surface area contributed by atoms with Crippen molar-refractivity contribution >= 4 is 5.78 Å². The molecule has 0 saturated heterocycles. The minimum Gasteiger partial charge on any atom is -0.495 e. The molecule has 17 heavy (non-hydrogen) atoms. The molecule has 0 atom stereocenters. The first kappa shape index (κ1) is 13.0. The molecule has 0 unspecified atom stereocenters. The minimum atomic E-state index is -4.70. The van der Waals surface area contributed by atoms with E-state index >= 15 is 0 Å². The summed E-state index contributed by atoms with van der Waals surface area (Å²) in [6.07, 6.45) is -4.70. The Morgan fingerprint density at radius 1 is 1.41 bits per heavy atom. The quantitative estimate of drug-likeness (QED) is 0.750. The van der Waals surface area contributed by atoms with Gasteiger partial charge in [-0.2, -0.15) is 18.4 Å². The Hall–Kier alpha value is -2.03. The van der Waals surface area contributed by atoms with Gasteiger partial charge in [0, 0.05) is 5.56 Å². The maximum Gasteiger partial charge on any atom is 0.417 e. The van der Waals surface area contributed by atoms with Crippen LogP contribution in [0.5, 0.6) is 5.75 Å². The molecular formula is C11H8F3NO2. The van der Waals surface area contributed by atoms with Crippen molar-refractivity contribution in [3.8, 4) is 11.8 Å². The Morgan fingerprint density at radius 3 is 2.35 bits per heavy atom. The van der Waals surface area contributed by atoms with Gasteiger partial charge in [-0.05, 0) is 19.1 Å². The fourth-order valence-corrected chi connectivity index (χ4v) is 1.32. The van der Waals surface area contributed by atoms with E-state index in [0.717, 1.165) is 20.1 Å². The number of nitrogens with zero attached hydrogens (tertiary/aromatic N) is 1. The minimum absolute atomic E-state index is 0.145. The van der Waals surface area contributed by atoms with Crippen LogP contribution < -0.4 is 4.74 Å². The molecule has 0 aromatic heterocycles. The lowest BCUT2D eigenvalue weighted by Gasteiger charge is -2.13. The molecule has 0 fully saturated rings. The van der Waals surface area contributed by atoms with Crippen LogP contribution in [0.15, 0.2) is 12.1 Å². The molecule has 0 bridgehead atoms. The summed E-state index contributed by atoms with van der Waals surface area (Å²) < 4.78 is 42.7. The highest BCUT2D eigenvalue weighted by molar-refractivity contribution is 5.95. The Balaban J connectivity index is 3.61. The molecule has 1 aromatic carbocycles. The van der Waals surface area contributed by atoms with Gasteiger partial charge in [-0.15, -0.1) is 0 Å². The van der Waals surface area contributed by atoms with Crippen molar-refractivity contribution < 1.29 is 22.7 Å². The summed E-state index contributed by atoms with van der Waals surface area (Å²) in [7, 11) is 1.14. The van der Waals surface area contributed by atoms with Gasteiger partial charge in [0.2, 0.25) is 0 Å². The molecule has 0 aliphatic rings. The van der Waals surface area contributed by atoms with Crippen LogP contribution in [0.2, 0.25) is 0 Å². The molecule has 0 amide bonds. The topological polar surface area (TPSA) is 50.1 Å². The monoisotopic (exact) mass is 243 g/mol. The van der Waals surface area contributed by atoms with Gasteiger partial charge in [-0.25, -0.2) is 0 Å². The number of ether oxygens (including phenoxy) is 1. The summed E-state index contributed by atoms with van der Waals surface area (Å²) in [5.41, 5.74) is -1.93. The summed E-state index contributed by atoms with van der Waals surface area (Å²) in [5, 5.41) is 8.71. The molecule has 1 aromatic rings. The third kappa shape index (κ3) is 2.56. The fraction of sp³-hybridized carbons (Fsp3) is 0.273. The second-order valence-corrected chi connectivity index (χ2v) is 3.27. The summed E-state index contributed by atoms with van der Waals surface area (Å²) in [6, 6.07) is 3.21. The van der Waals surface area contributed by atoms with Crippen molar-refractivity contribution in [2.75, 3.05) is 7.11 Å². The fourth-order valence-electron chi connectivity index (χ4n) is 1.32. The van der Waals surface area contributed by atoms with E-state index in [1.807, 2.05) is 0 Å². The second kappa shape index (κ2) is 4.45. The van der Waals surface area contributed by atoms with Crippen LogP contribution in [0.4, 0.5) is 13.2 Å². The smallest absolute Gasteiger partial charge is 0.417 e. The van der Waals surface area contributed by atoms with E-state index in [1.54, 1.807) is 0 Å². The number of hydrogen-bond donors (Lipinski definition) is 0. The zero-order valence-corrected chi connectivity index (χ0v) is 9.05. The Kier molecular flexibility index (Phi) is 3.42. The van der Waals surface area contributed by atoms with Crippen molar-refractivity contribution in [3.63, 3.8) is 0 Å². The van der Waals surface area contributed by atoms with Crippen LogP contribution in [0.1, 0.15) is 28.4 Å². The number of carbonyl (C=O) groups is 1. The first-order valence-electron chi connectivity index (χ1n) is 4.51. The van der Waals surface area contributed by atoms with E-state index in [-0.39, 0.29) is 11.3 Å². The molecule has 1 rings (SSSR count). The average molecular weight is 243 g/mol. The van der Waals surface area contributed by atoms with Crippen molar-refractivity contribution in [2.24, 2.45) is 0 Å². The van der Waals surface area contributed by atoms with Crippen molar-refractivity contribution in [1.82, 2.24) is 0 Å². The van der Waals surface area contributed by atoms with Gasteiger partial charge >= 0.3 is 6.18 Å². The largest absolute Gasteiger partial charge is 0.495 e. The van der Waals surface area contributed by atoms with E-state index in [2.05, 4.69) is 4.74 Å². The first-order valence-corrected chi connectivity index (χ1v) is 4.51. The Morgan fingerprint density at radius 2 is 2.00 bits per heavy atom. The predicted octanol–water partition coefficient (Wildman–Crippen LogP) is 2.79. The number of methoxy groups -OCH3 is 1. The SMILES string of the molecule is COc1cc(C(C)=O)cc(C(F)(F)F)c1C#N. The molecule has 0 saturated carbocycles. The zero-order chi connectivity index (χ0) is 13.2. The number of benzene rings is 1. The summed E-state index contributed by atoms with van der Waals surface area (Å²) in [6.45, 7) is 1.14. The Labute approximate surface area is 95.4 Å². The highest BCUT2D eigenvalue weighted by Gasteiger charge is 2.36. The molecule has 6 heteroatoms. The lowest BCUT2D eigenvalue weighted by molar-refractivity contribution is -0.137. The molecule has 0 radical (unpaired) electrons. The molecular weight excluding hydrogens is 235 g/mol. The standard InChI is InChI=1S/C11H8F3NO2/c1-6(16)7-3-9(11(12,13)14)8(5-15)10(4-7)17-2/h3-4H,1-2H3. The van der Waals surface area contributed by atoms with Gasteiger partial charge in [0.05, 0.1) is 12.7 Å². The van der Waals surface area contributed by atoms with Gasteiger partial charge in [-0.3, -0.25) is 4.79 Å². The van der Waals surface area contributed by atoms with Crippen LogP contribution in [-0.4, -0.2) is 12.9 Å². The molecule has 0 heterocycles.